The Morgan fingerprint density at radius 2 is 1.94 bits per heavy atom. The first-order valence-electron chi connectivity index (χ1n) is 13.1. The highest BCUT2D eigenvalue weighted by Crippen LogP contribution is 2.52. The first-order chi connectivity index (χ1) is 16.1. The molecule has 3 heterocycles. The molecular weight excluding hydrogens is 422 g/mol. The number of aromatic nitrogens is 2. The fourth-order valence-corrected chi connectivity index (χ4v) is 7.49. The second-order valence-corrected chi connectivity index (χ2v) is 12.4. The van der Waals surface area contributed by atoms with Crippen LogP contribution in [-0.2, 0) is 13.0 Å². The van der Waals surface area contributed by atoms with Crippen molar-refractivity contribution in [2.45, 2.75) is 91.6 Å². The number of nitrogens with zero attached hydrogens (tertiary/aromatic N) is 3. The van der Waals surface area contributed by atoms with Gasteiger partial charge in [-0.3, -0.25) is 14.6 Å². The molecule has 5 nitrogen and oxygen atoms in total. The summed E-state index contributed by atoms with van der Waals surface area (Å²) in [5.74, 6) is 0.506. The van der Waals surface area contributed by atoms with E-state index in [-0.39, 0.29) is 28.2 Å². The summed E-state index contributed by atoms with van der Waals surface area (Å²) in [4.78, 5) is 34.0. The maximum atomic E-state index is 14.2. The molecule has 34 heavy (non-hydrogen) atoms. The van der Waals surface area contributed by atoms with E-state index >= 15 is 0 Å². The minimum Gasteiger partial charge on any atom is -0.343 e. The van der Waals surface area contributed by atoms with E-state index in [1.54, 1.807) is 12.3 Å². The van der Waals surface area contributed by atoms with Gasteiger partial charge in [0.2, 0.25) is 0 Å². The molecule has 5 rings (SSSR count). The first kappa shape index (κ1) is 23.3. The van der Waals surface area contributed by atoms with E-state index in [4.69, 9.17) is 0 Å². The maximum Gasteiger partial charge on any atom is 0.259 e. The fourth-order valence-electron chi connectivity index (χ4n) is 7.49. The van der Waals surface area contributed by atoms with Crippen molar-refractivity contribution in [3.05, 3.63) is 63.3 Å². The van der Waals surface area contributed by atoms with Crippen LogP contribution in [0.4, 0.5) is 0 Å². The normalized spacial score (nSPS) is 26.2. The summed E-state index contributed by atoms with van der Waals surface area (Å²) in [5, 5.41) is 0. The lowest BCUT2D eigenvalue weighted by Crippen LogP contribution is -2.41. The van der Waals surface area contributed by atoms with Gasteiger partial charge in [0.05, 0.1) is 0 Å². The van der Waals surface area contributed by atoms with Crippen LogP contribution in [0.15, 0.2) is 35.4 Å². The molecule has 3 fully saturated rings. The fraction of sp³-hybridized carbons (Fsp3) is 0.621. The third-order valence-electron chi connectivity index (χ3n) is 8.54. The summed E-state index contributed by atoms with van der Waals surface area (Å²) in [6.45, 7) is 10.4. The van der Waals surface area contributed by atoms with Crippen LogP contribution in [0.5, 0.6) is 0 Å². The van der Waals surface area contributed by atoms with E-state index in [2.05, 4.69) is 41.3 Å². The highest BCUT2D eigenvalue weighted by atomic mass is 16.2. The van der Waals surface area contributed by atoms with E-state index < -0.39 is 0 Å². The summed E-state index contributed by atoms with van der Waals surface area (Å²) in [6.07, 6.45) is 12.5. The Balaban J connectivity index is 1.57. The molecule has 2 saturated carbocycles. The number of fused-ring (bicyclic) bond motifs is 2. The van der Waals surface area contributed by atoms with Crippen molar-refractivity contribution in [3.8, 4) is 0 Å². The summed E-state index contributed by atoms with van der Waals surface area (Å²) >= 11 is 0. The van der Waals surface area contributed by atoms with Crippen molar-refractivity contribution >= 4 is 5.91 Å². The lowest BCUT2D eigenvalue weighted by Gasteiger charge is -2.39. The van der Waals surface area contributed by atoms with Gasteiger partial charge in [0.15, 0.2) is 5.43 Å². The van der Waals surface area contributed by atoms with Crippen LogP contribution >= 0.6 is 0 Å². The van der Waals surface area contributed by atoms with Gasteiger partial charge >= 0.3 is 0 Å². The number of carbonyl (C=O) groups excluding carboxylic acids is 1. The van der Waals surface area contributed by atoms with E-state index in [9.17, 15) is 9.59 Å². The quantitative estimate of drug-likeness (QED) is 0.601. The third-order valence-corrected chi connectivity index (χ3v) is 8.54. The number of likely N-dealkylation sites (tertiary alicyclic amines) is 1. The number of aryl methyl sites for hydroxylation is 1. The van der Waals surface area contributed by atoms with Crippen molar-refractivity contribution in [1.29, 1.82) is 0 Å². The Bertz CT molecular complexity index is 1130. The Hall–Kier alpha value is -2.43. The predicted molar refractivity (Wildman–Crippen MR) is 135 cm³/mol. The molecule has 1 saturated heterocycles. The SMILES string of the molecule is Cc1cc(=O)c(C(=O)N2C[C@]3(C)C[C@@H]2CC(C)(C)C3)c(CC2CCCC2)n1Cc1cccnc1. The summed E-state index contributed by atoms with van der Waals surface area (Å²) < 4.78 is 2.22. The molecule has 0 aromatic carbocycles. The minimum absolute atomic E-state index is 0.0376. The zero-order valence-corrected chi connectivity index (χ0v) is 21.3. The number of amides is 1. The predicted octanol–water partition coefficient (Wildman–Crippen LogP) is 5.37. The van der Waals surface area contributed by atoms with E-state index in [0.29, 0.717) is 18.0 Å². The largest absolute Gasteiger partial charge is 0.343 e. The number of rotatable bonds is 5. The molecule has 1 amide bonds. The third kappa shape index (κ3) is 4.46. The van der Waals surface area contributed by atoms with Crippen LogP contribution < -0.4 is 5.43 Å². The molecule has 2 aromatic heterocycles. The molecule has 0 unspecified atom stereocenters. The Kier molecular flexibility index (Phi) is 5.94. The lowest BCUT2D eigenvalue weighted by atomic mass is 9.65. The molecular formula is C29H39N3O2. The van der Waals surface area contributed by atoms with Gasteiger partial charge in [-0.1, -0.05) is 52.5 Å². The number of hydrogen-bond donors (Lipinski definition) is 0. The standard InChI is InChI=1S/C29H39N3O2/c1-20-12-25(33)26(27(34)32-19-29(4)15-23(32)14-28(2,3)18-29)24(13-21-8-5-6-9-21)31(20)17-22-10-7-11-30-16-22/h7,10-12,16,21,23H,5-6,8-9,13-15,17-19H2,1-4H3/t23-,29+/m0/s1. The second kappa shape index (κ2) is 8.66. The molecule has 2 aromatic rings. The zero-order valence-electron chi connectivity index (χ0n) is 21.3. The Morgan fingerprint density at radius 3 is 2.65 bits per heavy atom. The van der Waals surface area contributed by atoms with Crippen molar-refractivity contribution in [2.75, 3.05) is 6.54 Å². The van der Waals surface area contributed by atoms with Crippen LogP contribution in [0.2, 0.25) is 0 Å². The van der Waals surface area contributed by atoms with Crippen molar-refractivity contribution in [2.24, 2.45) is 16.7 Å². The number of hydrogen-bond acceptors (Lipinski definition) is 3. The van der Waals surface area contributed by atoms with E-state index in [1.807, 2.05) is 19.2 Å². The maximum absolute atomic E-state index is 14.2. The van der Waals surface area contributed by atoms with Gasteiger partial charge < -0.3 is 9.47 Å². The molecule has 3 aliphatic rings. The molecule has 1 aliphatic heterocycles. The molecule has 0 N–H and O–H groups in total. The second-order valence-electron chi connectivity index (χ2n) is 12.4. The van der Waals surface area contributed by atoms with Crippen LogP contribution in [0.3, 0.4) is 0 Å². The van der Waals surface area contributed by atoms with Gasteiger partial charge in [0, 0.05) is 49.0 Å². The Morgan fingerprint density at radius 1 is 1.18 bits per heavy atom. The lowest BCUT2D eigenvalue weighted by molar-refractivity contribution is 0.0704. The molecule has 2 aliphatic carbocycles. The molecule has 0 radical (unpaired) electrons. The van der Waals surface area contributed by atoms with Gasteiger partial charge in [-0.2, -0.15) is 0 Å². The number of carbonyl (C=O) groups is 1. The van der Waals surface area contributed by atoms with Gasteiger partial charge in [-0.15, -0.1) is 0 Å². The van der Waals surface area contributed by atoms with Crippen LogP contribution in [-0.4, -0.2) is 32.9 Å². The highest BCUT2D eigenvalue weighted by molar-refractivity contribution is 5.96. The summed E-state index contributed by atoms with van der Waals surface area (Å²) in [5.41, 5.74) is 3.65. The average molecular weight is 462 g/mol. The van der Waals surface area contributed by atoms with Crippen LogP contribution in [0.1, 0.15) is 93.0 Å². The van der Waals surface area contributed by atoms with Gasteiger partial charge in [-0.25, -0.2) is 0 Å². The van der Waals surface area contributed by atoms with Crippen LogP contribution in [0, 0.1) is 23.7 Å². The topological polar surface area (TPSA) is 55.2 Å². The van der Waals surface area contributed by atoms with Crippen LogP contribution in [0.25, 0.3) is 0 Å². The number of pyridine rings is 2. The van der Waals surface area contributed by atoms with Gasteiger partial charge in [0.25, 0.3) is 5.91 Å². The van der Waals surface area contributed by atoms with Gasteiger partial charge in [-0.05, 0) is 61.0 Å². The first-order valence-corrected chi connectivity index (χ1v) is 13.1. The van der Waals surface area contributed by atoms with E-state index in [0.717, 1.165) is 49.2 Å². The monoisotopic (exact) mass is 461 g/mol. The molecule has 0 spiro atoms. The summed E-state index contributed by atoms with van der Waals surface area (Å²) in [6, 6.07) is 5.92. The van der Waals surface area contributed by atoms with Gasteiger partial charge in [0.1, 0.15) is 5.56 Å². The smallest absolute Gasteiger partial charge is 0.259 e. The average Bonchev–Trinajstić information content (AvgIpc) is 3.35. The van der Waals surface area contributed by atoms with Crippen molar-refractivity contribution in [1.82, 2.24) is 14.5 Å². The highest BCUT2D eigenvalue weighted by Gasteiger charge is 2.51. The molecule has 182 valence electrons. The zero-order chi connectivity index (χ0) is 24.1. The minimum atomic E-state index is -0.108. The van der Waals surface area contributed by atoms with Crippen molar-refractivity contribution in [3.63, 3.8) is 0 Å². The molecule has 2 atom stereocenters. The molecule has 2 bridgehead atoms. The Labute approximate surface area is 203 Å². The van der Waals surface area contributed by atoms with Crippen molar-refractivity contribution < 1.29 is 4.79 Å². The molecule has 5 heteroatoms. The summed E-state index contributed by atoms with van der Waals surface area (Å²) in [7, 11) is 0. The van der Waals surface area contributed by atoms with E-state index in [1.165, 1.54) is 25.7 Å².